The van der Waals surface area contributed by atoms with Gasteiger partial charge in [0.05, 0.1) is 17.6 Å². The summed E-state index contributed by atoms with van der Waals surface area (Å²) in [5, 5.41) is 9.64. The molecule has 4 nitrogen and oxygen atoms in total. The van der Waals surface area contributed by atoms with Crippen LogP contribution in [-0.2, 0) is 0 Å². The summed E-state index contributed by atoms with van der Waals surface area (Å²) < 4.78 is 12.6. The molecule has 2 aromatic heterocycles. The van der Waals surface area contributed by atoms with Crippen LogP contribution in [0.5, 0.6) is 0 Å². The first-order chi connectivity index (χ1) is 6.79. The molecule has 5 heteroatoms. The number of rotatable bonds is 2. The van der Waals surface area contributed by atoms with E-state index in [4.69, 9.17) is 0 Å². The molecular formula is C9H9FN4. The molecule has 0 atom stereocenters. The van der Waals surface area contributed by atoms with E-state index in [2.05, 4.69) is 20.5 Å². The second-order valence-corrected chi connectivity index (χ2v) is 2.78. The van der Waals surface area contributed by atoms with Crippen molar-refractivity contribution in [1.82, 2.24) is 15.2 Å². The number of halogens is 1. The van der Waals surface area contributed by atoms with Gasteiger partial charge < -0.3 is 5.32 Å². The van der Waals surface area contributed by atoms with Crippen LogP contribution in [0.4, 0.5) is 10.2 Å². The Kier molecular flexibility index (Phi) is 2.14. The molecule has 2 aromatic rings. The highest BCUT2D eigenvalue weighted by Crippen LogP contribution is 2.16. The van der Waals surface area contributed by atoms with Gasteiger partial charge in [-0.25, -0.2) is 4.39 Å². The second kappa shape index (κ2) is 3.45. The molecule has 14 heavy (non-hydrogen) atoms. The van der Waals surface area contributed by atoms with Gasteiger partial charge in [0.15, 0.2) is 0 Å². The van der Waals surface area contributed by atoms with Crippen molar-refractivity contribution in [2.24, 2.45) is 0 Å². The summed E-state index contributed by atoms with van der Waals surface area (Å²) in [5.74, 6) is 0.383. The summed E-state index contributed by atoms with van der Waals surface area (Å²) >= 11 is 0. The fourth-order valence-corrected chi connectivity index (χ4v) is 1.12. The molecule has 72 valence electrons. The molecule has 0 saturated carbocycles. The molecule has 0 radical (unpaired) electrons. The first kappa shape index (κ1) is 8.68. The van der Waals surface area contributed by atoms with Gasteiger partial charge in [-0.15, -0.1) is 0 Å². The summed E-state index contributed by atoms with van der Waals surface area (Å²) in [4.78, 5) is 3.92. The van der Waals surface area contributed by atoms with Gasteiger partial charge in [-0.1, -0.05) is 0 Å². The number of anilines is 1. The third-order valence-electron chi connectivity index (χ3n) is 1.84. The molecule has 0 bridgehead atoms. The quantitative estimate of drug-likeness (QED) is 0.760. The first-order valence-corrected chi connectivity index (χ1v) is 4.14. The van der Waals surface area contributed by atoms with Crippen molar-refractivity contribution in [2.45, 2.75) is 0 Å². The van der Waals surface area contributed by atoms with E-state index in [0.29, 0.717) is 5.69 Å². The summed E-state index contributed by atoms with van der Waals surface area (Å²) in [7, 11) is 1.78. The smallest absolute Gasteiger partial charge is 0.148 e. The molecule has 2 N–H and O–H groups in total. The average molecular weight is 192 g/mol. The van der Waals surface area contributed by atoms with Crippen molar-refractivity contribution in [2.75, 3.05) is 12.4 Å². The maximum absolute atomic E-state index is 12.6. The Labute approximate surface area is 80.2 Å². The van der Waals surface area contributed by atoms with Crippen LogP contribution in [0.3, 0.4) is 0 Å². The Morgan fingerprint density at radius 3 is 2.86 bits per heavy atom. The Morgan fingerprint density at radius 1 is 1.43 bits per heavy atom. The van der Waals surface area contributed by atoms with Gasteiger partial charge in [-0.3, -0.25) is 10.1 Å². The minimum absolute atomic E-state index is 0.345. The fraction of sp³-hybridized carbons (Fsp3) is 0.111. The topological polar surface area (TPSA) is 53.6 Å². The van der Waals surface area contributed by atoms with Crippen LogP contribution < -0.4 is 5.32 Å². The van der Waals surface area contributed by atoms with Crippen molar-refractivity contribution < 1.29 is 4.39 Å². The number of aromatic amines is 1. The van der Waals surface area contributed by atoms with Gasteiger partial charge in [0.2, 0.25) is 0 Å². The lowest BCUT2D eigenvalue weighted by molar-refractivity contribution is 0.622. The van der Waals surface area contributed by atoms with Crippen LogP contribution in [0.15, 0.2) is 24.4 Å². The van der Waals surface area contributed by atoms with E-state index in [-0.39, 0.29) is 5.82 Å². The number of nitrogens with one attached hydrogen (secondary N) is 2. The molecule has 0 unspecified atom stereocenters. The number of hydrogen-bond donors (Lipinski definition) is 2. The zero-order valence-corrected chi connectivity index (χ0v) is 7.58. The maximum atomic E-state index is 12.6. The first-order valence-electron chi connectivity index (χ1n) is 4.14. The van der Waals surface area contributed by atoms with Crippen LogP contribution in [0.25, 0.3) is 11.4 Å². The molecule has 0 aliphatic heterocycles. The second-order valence-electron chi connectivity index (χ2n) is 2.78. The molecule has 0 aliphatic rings. The summed E-state index contributed by atoms with van der Waals surface area (Å²) in [6.07, 6.45) is 1.18. The van der Waals surface area contributed by atoms with E-state index in [0.717, 1.165) is 11.5 Å². The van der Waals surface area contributed by atoms with Gasteiger partial charge in [-0.05, 0) is 12.1 Å². The third kappa shape index (κ3) is 1.56. The Bertz CT molecular complexity index is 421. The number of nitrogens with zero attached hydrogens (tertiary/aromatic N) is 2. The van der Waals surface area contributed by atoms with Gasteiger partial charge in [0.25, 0.3) is 0 Å². The fourth-order valence-electron chi connectivity index (χ4n) is 1.12. The van der Waals surface area contributed by atoms with Gasteiger partial charge in [0.1, 0.15) is 11.6 Å². The van der Waals surface area contributed by atoms with Gasteiger partial charge >= 0.3 is 0 Å². The van der Waals surface area contributed by atoms with E-state index in [1.165, 1.54) is 12.3 Å². The number of H-pyrrole nitrogens is 1. The molecule has 0 saturated heterocycles. The molecule has 0 spiro atoms. The Morgan fingerprint density at radius 2 is 2.29 bits per heavy atom. The van der Waals surface area contributed by atoms with Crippen molar-refractivity contribution in [3.63, 3.8) is 0 Å². The average Bonchev–Trinajstić information content (AvgIpc) is 2.67. The molecular weight excluding hydrogens is 183 g/mol. The zero-order valence-electron chi connectivity index (χ0n) is 7.58. The predicted octanol–water partition coefficient (Wildman–Crippen LogP) is 1.65. The normalized spacial score (nSPS) is 10.1. The predicted molar refractivity (Wildman–Crippen MR) is 51.3 cm³/mol. The minimum atomic E-state index is -0.345. The lowest BCUT2D eigenvalue weighted by atomic mass is 10.3. The molecule has 0 amide bonds. The number of hydrogen-bond acceptors (Lipinski definition) is 3. The summed E-state index contributed by atoms with van der Waals surface area (Å²) in [6.45, 7) is 0. The summed E-state index contributed by atoms with van der Waals surface area (Å²) in [5.41, 5.74) is 1.43. The van der Waals surface area contributed by atoms with Crippen LogP contribution >= 0.6 is 0 Å². The van der Waals surface area contributed by atoms with E-state index in [9.17, 15) is 4.39 Å². The maximum Gasteiger partial charge on any atom is 0.148 e. The van der Waals surface area contributed by atoms with E-state index < -0.39 is 0 Å². The number of pyridine rings is 1. The molecule has 0 aliphatic carbocycles. The largest absolute Gasteiger partial charge is 0.372 e. The highest BCUT2D eigenvalue weighted by molar-refractivity contribution is 5.58. The molecule has 2 heterocycles. The SMILES string of the molecule is CNc1cc(-c2ccc(F)cn2)[nH]n1. The van der Waals surface area contributed by atoms with Crippen molar-refractivity contribution in [3.05, 3.63) is 30.2 Å². The number of aromatic nitrogens is 3. The standard InChI is InChI=1S/C9H9FN4/c1-11-9-4-8(13-14-9)7-3-2-6(10)5-12-7/h2-5H,1H3,(H2,11,13,14). The van der Waals surface area contributed by atoms with Gasteiger partial charge in [-0.2, -0.15) is 5.10 Å². The molecule has 0 aromatic carbocycles. The molecule has 0 fully saturated rings. The minimum Gasteiger partial charge on any atom is -0.372 e. The Hall–Kier alpha value is -1.91. The van der Waals surface area contributed by atoms with Crippen molar-refractivity contribution in [3.8, 4) is 11.4 Å². The van der Waals surface area contributed by atoms with E-state index in [1.54, 1.807) is 19.2 Å². The van der Waals surface area contributed by atoms with E-state index in [1.807, 2.05) is 0 Å². The third-order valence-corrected chi connectivity index (χ3v) is 1.84. The van der Waals surface area contributed by atoms with Crippen molar-refractivity contribution in [1.29, 1.82) is 0 Å². The highest BCUT2D eigenvalue weighted by atomic mass is 19.1. The zero-order chi connectivity index (χ0) is 9.97. The lowest BCUT2D eigenvalue weighted by Gasteiger charge is -1.94. The molecule has 2 rings (SSSR count). The van der Waals surface area contributed by atoms with Crippen LogP contribution in [-0.4, -0.2) is 22.2 Å². The van der Waals surface area contributed by atoms with Crippen LogP contribution in [0.1, 0.15) is 0 Å². The van der Waals surface area contributed by atoms with Crippen molar-refractivity contribution >= 4 is 5.82 Å². The highest BCUT2D eigenvalue weighted by Gasteiger charge is 2.03. The van der Waals surface area contributed by atoms with Crippen LogP contribution in [0, 0.1) is 5.82 Å². The monoisotopic (exact) mass is 192 g/mol. The van der Waals surface area contributed by atoms with E-state index >= 15 is 0 Å². The van der Waals surface area contributed by atoms with Crippen LogP contribution in [0.2, 0.25) is 0 Å². The Balaban J connectivity index is 2.34. The van der Waals surface area contributed by atoms with Gasteiger partial charge in [0, 0.05) is 13.1 Å². The summed E-state index contributed by atoms with van der Waals surface area (Å²) in [6, 6.07) is 4.77. The lowest BCUT2D eigenvalue weighted by Crippen LogP contribution is -1.85.